The molecule has 1 N–H and O–H groups in total. The van der Waals surface area contributed by atoms with E-state index in [9.17, 15) is 5.11 Å². The molecule has 1 aliphatic heterocycles. The Kier molecular flexibility index (Phi) is 5.69. The van der Waals surface area contributed by atoms with Crippen molar-refractivity contribution in [3.8, 4) is 0 Å². The van der Waals surface area contributed by atoms with Crippen LogP contribution in [0.1, 0.15) is 25.3 Å². The van der Waals surface area contributed by atoms with Gasteiger partial charge in [-0.25, -0.2) is 9.03 Å². The summed E-state index contributed by atoms with van der Waals surface area (Å²) in [5.41, 5.74) is 0.590. The molecule has 4 nitrogen and oxygen atoms in total. The van der Waals surface area contributed by atoms with Crippen LogP contribution in [0, 0.1) is 0 Å². The first-order chi connectivity index (χ1) is 9.58. The molecule has 0 radical (unpaired) electrons. The minimum atomic E-state index is -3.03. The van der Waals surface area contributed by atoms with E-state index in [4.69, 9.17) is 45.0 Å². The van der Waals surface area contributed by atoms with Crippen molar-refractivity contribution in [3.63, 3.8) is 0 Å². The van der Waals surface area contributed by atoms with Gasteiger partial charge in [0.25, 0.3) is 11.8 Å². The lowest BCUT2D eigenvalue weighted by Gasteiger charge is -2.33. The van der Waals surface area contributed by atoms with Crippen molar-refractivity contribution in [3.05, 3.63) is 35.9 Å². The largest absolute Gasteiger partial charge is 0.380 e. The van der Waals surface area contributed by atoms with Gasteiger partial charge in [0.15, 0.2) is 0 Å². The molecule has 1 heterocycles. The molecule has 2 rings (SSSR count). The second kappa shape index (κ2) is 6.50. The molecule has 0 spiro atoms. The standard InChI is InChI=1S/C10H14Cl4N3OP3/c1-8(2)19(10(18)9-6-4-3-5-7-9)15-20(11,12)17-21(13,14)16-19/h3-8,10,18H,1-2H3. The average Bonchev–Trinajstić information content (AvgIpc) is 2.35. The number of benzene rings is 1. The van der Waals surface area contributed by atoms with Crippen molar-refractivity contribution >= 4 is 64.0 Å². The van der Waals surface area contributed by atoms with Crippen LogP contribution in [-0.2, 0) is 0 Å². The third-order valence-corrected chi connectivity index (χ3v) is 16.1. The third kappa shape index (κ3) is 4.11. The SMILES string of the molecule is CC(C)P1(C(O)c2ccccc2)=NP(Cl)(Cl)=NP(Cl)(Cl)=N1. The predicted octanol–water partition coefficient (Wildman–Crippen LogP) is 8.06. The van der Waals surface area contributed by atoms with Crippen LogP contribution in [0.3, 0.4) is 0 Å². The molecule has 11 heteroatoms. The molecule has 118 valence electrons. The van der Waals surface area contributed by atoms with Crippen LogP contribution in [0.2, 0.25) is 0 Å². The number of aliphatic hydroxyl groups is 1. The minimum absolute atomic E-state index is 0.100. The fourth-order valence-electron chi connectivity index (χ4n) is 1.96. The molecule has 0 saturated carbocycles. The maximum Gasteiger partial charge on any atom is 0.255 e. The summed E-state index contributed by atoms with van der Waals surface area (Å²) in [6.07, 6.45) is 0. The van der Waals surface area contributed by atoms with Gasteiger partial charge in [0.1, 0.15) is 13.1 Å². The second-order valence-corrected chi connectivity index (χ2v) is 18.3. The molecule has 0 amide bonds. The summed E-state index contributed by atoms with van der Waals surface area (Å²) in [6, 6.07) is 9.13. The van der Waals surface area contributed by atoms with Crippen LogP contribution in [-0.4, -0.2) is 10.8 Å². The molecular formula is C10H14Cl4N3OP3. The lowest BCUT2D eigenvalue weighted by atomic mass is 10.2. The Labute approximate surface area is 143 Å². The van der Waals surface area contributed by atoms with E-state index >= 15 is 0 Å². The molecule has 0 aliphatic carbocycles. The highest BCUT2D eigenvalue weighted by Gasteiger charge is 2.41. The summed E-state index contributed by atoms with van der Waals surface area (Å²) in [5, 5.41) is 10.9. The molecular weight excluding hydrogens is 413 g/mol. The number of nitrogens with zero attached hydrogens (tertiary/aromatic N) is 3. The molecule has 0 bridgehead atoms. The van der Waals surface area contributed by atoms with Crippen molar-refractivity contribution in [2.45, 2.75) is 25.4 Å². The molecule has 1 aliphatic rings. The lowest BCUT2D eigenvalue weighted by Crippen LogP contribution is -2.07. The fourth-order valence-corrected chi connectivity index (χ4v) is 19.4. The third-order valence-electron chi connectivity index (χ3n) is 2.93. The number of hydrogen-bond acceptors (Lipinski definition) is 4. The summed E-state index contributed by atoms with van der Waals surface area (Å²) < 4.78 is 12.9. The Bertz CT molecular complexity index is 687. The van der Waals surface area contributed by atoms with Crippen LogP contribution < -0.4 is 0 Å². The van der Waals surface area contributed by atoms with Crippen molar-refractivity contribution in [1.29, 1.82) is 0 Å². The number of aliphatic hydroxyl groups excluding tert-OH is 1. The van der Waals surface area contributed by atoms with Gasteiger partial charge in [-0.15, -0.1) is 0 Å². The monoisotopic (exact) mass is 425 g/mol. The Morgan fingerprint density at radius 2 is 1.43 bits per heavy atom. The zero-order valence-electron chi connectivity index (χ0n) is 11.2. The van der Waals surface area contributed by atoms with Gasteiger partial charge in [0, 0.05) is 5.66 Å². The zero-order valence-corrected chi connectivity index (χ0v) is 16.9. The number of rotatable bonds is 3. The zero-order chi connectivity index (χ0) is 15.9. The molecule has 2 atom stereocenters. The van der Waals surface area contributed by atoms with Crippen molar-refractivity contribution < 1.29 is 5.11 Å². The van der Waals surface area contributed by atoms with Gasteiger partial charge in [-0.1, -0.05) is 44.2 Å². The molecule has 0 saturated heterocycles. The Morgan fingerprint density at radius 3 is 1.90 bits per heavy atom. The van der Waals surface area contributed by atoms with E-state index in [2.05, 4.69) is 13.5 Å². The van der Waals surface area contributed by atoms with Gasteiger partial charge >= 0.3 is 0 Å². The fraction of sp³-hybridized carbons (Fsp3) is 0.400. The van der Waals surface area contributed by atoms with E-state index in [1.165, 1.54) is 0 Å². The Morgan fingerprint density at radius 1 is 0.905 bits per heavy atom. The predicted molar refractivity (Wildman–Crippen MR) is 98.0 cm³/mol. The van der Waals surface area contributed by atoms with Crippen LogP contribution in [0.15, 0.2) is 43.9 Å². The van der Waals surface area contributed by atoms with E-state index in [0.717, 1.165) is 0 Å². The molecule has 0 fully saturated rings. The Balaban J connectivity index is 2.73. The van der Waals surface area contributed by atoms with Gasteiger partial charge in [0.05, 0.1) is 0 Å². The van der Waals surface area contributed by atoms with Crippen LogP contribution in [0.25, 0.3) is 0 Å². The van der Waals surface area contributed by atoms with Crippen LogP contribution in [0.4, 0.5) is 0 Å². The molecule has 1 aromatic rings. The topological polar surface area (TPSA) is 57.3 Å². The van der Waals surface area contributed by atoms with Gasteiger partial charge in [-0.3, -0.25) is 0 Å². The van der Waals surface area contributed by atoms with E-state index < -0.39 is 24.9 Å². The molecule has 1 aromatic carbocycles. The van der Waals surface area contributed by atoms with Gasteiger partial charge in [-0.05, 0) is 50.5 Å². The number of halogens is 4. The quantitative estimate of drug-likeness (QED) is 0.488. The highest BCUT2D eigenvalue weighted by atomic mass is 35.9. The van der Waals surface area contributed by atoms with Crippen molar-refractivity contribution in [1.82, 2.24) is 0 Å². The maximum atomic E-state index is 10.9. The maximum absolute atomic E-state index is 10.9. The van der Waals surface area contributed by atoms with E-state index in [-0.39, 0.29) is 5.66 Å². The first-order valence-electron chi connectivity index (χ1n) is 6.00. The lowest BCUT2D eigenvalue weighted by molar-refractivity contribution is 0.260. The number of hydrogen-bond donors (Lipinski definition) is 1. The van der Waals surface area contributed by atoms with E-state index in [0.29, 0.717) is 5.56 Å². The first-order valence-corrected chi connectivity index (χ1v) is 14.8. The first kappa shape index (κ1) is 18.4. The van der Waals surface area contributed by atoms with E-state index in [1.54, 1.807) is 12.1 Å². The molecule has 21 heavy (non-hydrogen) atoms. The summed E-state index contributed by atoms with van der Waals surface area (Å²) >= 11 is 24.7. The summed E-state index contributed by atoms with van der Waals surface area (Å²) in [5.74, 6) is -7.01. The van der Waals surface area contributed by atoms with Crippen LogP contribution >= 0.6 is 64.0 Å². The van der Waals surface area contributed by atoms with Crippen LogP contribution in [0.5, 0.6) is 0 Å². The minimum Gasteiger partial charge on any atom is -0.380 e. The Hall–Kier alpha value is 1.03. The second-order valence-electron chi connectivity index (χ2n) is 4.76. The summed E-state index contributed by atoms with van der Waals surface area (Å²) in [6.45, 7) is 3.81. The highest BCUT2D eigenvalue weighted by molar-refractivity contribution is 8.21. The smallest absolute Gasteiger partial charge is 0.255 e. The average molecular weight is 427 g/mol. The molecule has 2 unspecified atom stereocenters. The normalized spacial score (nSPS) is 28.2. The highest BCUT2D eigenvalue weighted by Crippen LogP contribution is 2.88. The van der Waals surface area contributed by atoms with E-state index in [1.807, 2.05) is 32.0 Å². The van der Waals surface area contributed by atoms with Crippen molar-refractivity contribution in [2.24, 2.45) is 13.5 Å². The summed E-state index contributed by atoms with van der Waals surface area (Å²) in [7, 11) is -2.74. The van der Waals surface area contributed by atoms with Gasteiger partial charge in [-0.2, -0.15) is 4.52 Å². The van der Waals surface area contributed by atoms with Gasteiger partial charge < -0.3 is 5.11 Å². The summed E-state index contributed by atoms with van der Waals surface area (Å²) in [4.78, 5) is 0. The van der Waals surface area contributed by atoms with Crippen molar-refractivity contribution in [2.75, 3.05) is 0 Å². The molecule has 0 aromatic heterocycles. The van der Waals surface area contributed by atoms with Gasteiger partial charge in [0.2, 0.25) is 0 Å².